The van der Waals surface area contributed by atoms with Crippen molar-refractivity contribution < 1.29 is 4.42 Å². The molecule has 0 saturated carbocycles. The standard InChI is InChI=1S/C12H17N3O/c1-3-13-12(11-4-5-16-9-11)6-10-7-14-15(2)8-10/h4-5,7-9,12-13H,3,6H2,1-2H3. The highest BCUT2D eigenvalue weighted by Crippen LogP contribution is 2.18. The first-order chi connectivity index (χ1) is 7.79. The van der Waals surface area contributed by atoms with Crippen LogP contribution in [0.25, 0.3) is 0 Å². The molecule has 2 aromatic rings. The summed E-state index contributed by atoms with van der Waals surface area (Å²) in [5.74, 6) is 0. The summed E-state index contributed by atoms with van der Waals surface area (Å²) in [5.41, 5.74) is 2.42. The fourth-order valence-corrected chi connectivity index (χ4v) is 1.84. The van der Waals surface area contributed by atoms with Crippen LogP contribution >= 0.6 is 0 Å². The van der Waals surface area contributed by atoms with Crippen molar-refractivity contribution in [1.29, 1.82) is 0 Å². The Kier molecular flexibility index (Phi) is 3.41. The normalized spacial score (nSPS) is 12.9. The second-order valence-corrected chi connectivity index (χ2v) is 3.89. The van der Waals surface area contributed by atoms with Gasteiger partial charge in [-0.3, -0.25) is 4.68 Å². The van der Waals surface area contributed by atoms with E-state index in [4.69, 9.17) is 4.42 Å². The number of rotatable bonds is 5. The van der Waals surface area contributed by atoms with Crippen LogP contribution in [0.15, 0.2) is 35.4 Å². The van der Waals surface area contributed by atoms with Crippen molar-refractivity contribution in [3.8, 4) is 0 Å². The first-order valence-electron chi connectivity index (χ1n) is 5.52. The molecule has 0 amide bonds. The summed E-state index contributed by atoms with van der Waals surface area (Å²) in [6, 6.07) is 2.30. The van der Waals surface area contributed by atoms with Crippen molar-refractivity contribution >= 4 is 0 Å². The third-order valence-electron chi connectivity index (χ3n) is 2.59. The lowest BCUT2D eigenvalue weighted by Gasteiger charge is -2.14. The number of hydrogen-bond donors (Lipinski definition) is 1. The highest BCUT2D eigenvalue weighted by molar-refractivity contribution is 5.16. The maximum atomic E-state index is 5.12. The summed E-state index contributed by atoms with van der Waals surface area (Å²) >= 11 is 0. The minimum atomic E-state index is 0.299. The fraction of sp³-hybridized carbons (Fsp3) is 0.417. The molecule has 1 N–H and O–H groups in total. The molecule has 0 aliphatic heterocycles. The predicted octanol–water partition coefficient (Wildman–Crippen LogP) is 1.91. The monoisotopic (exact) mass is 219 g/mol. The molecule has 0 radical (unpaired) electrons. The fourth-order valence-electron chi connectivity index (χ4n) is 1.84. The Morgan fingerprint density at radius 3 is 3.00 bits per heavy atom. The third kappa shape index (κ3) is 2.52. The number of aryl methyl sites for hydroxylation is 1. The zero-order valence-corrected chi connectivity index (χ0v) is 9.68. The van der Waals surface area contributed by atoms with Crippen LogP contribution in [0.3, 0.4) is 0 Å². The van der Waals surface area contributed by atoms with Crippen molar-refractivity contribution in [2.24, 2.45) is 7.05 Å². The summed E-state index contributed by atoms with van der Waals surface area (Å²) < 4.78 is 6.95. The molecule has 0 saturated heterocycles. The zero-order chi connectivity index (χ0) is 11.4. The van der Waals surface area contributed by atoms with Crippen molar-refractivity contribution in [2.45, 2.75) is 19.4 Å². The van der Waals surface area contributed by atoms with Gasteiger partial charge in [0, 0.05) is 24.8 Å². The van der Waals surface area contributed by atoms with Gasteiger partial charge in [0.15, 0.2) is 0 Å². The van der Waals surface area contributed by atoms with Gasteiger partial charge in [-0.25, -0.2) is 0 Å². The molecule has 0 aromatic carbocycles. The molecule has 4 heteroatoms. The zero-order valence-electron chi connectivity index (χ0n) is 9.68. The van der Waals surface area contributed by atoms with Crippen LogP contribution in [0.1, 0.15) is 24.1 Å². The molecule has 0 spiro atoms. The van der Waals surface area contributed by atoms with E-state index in [0.29, 0.717) is 6.04 Å². The van der Waals surface area contributed by atoms with Crippen molar-refractivity contribution in [3.05, 3.63) is 42.1 Å². The Labute approximate surface area is 95.3 Å². The van der Waals surface area contributed by atoms with E-state index < -0.39 is 0 Å². The van der Waals surface area contributed by atoms with Gasteiger partial charge in [-0.1, -0.05) is 6.92 Å². The molecule has 16 heavy (non-hydrogen) atoms. The highest BCUT2D eigenvalue weighted by atomic mass is 16.3. The van der Waals surface area contributed by atoms with Crippen LogP contribution in [0, 0.1) is 0 Å². The number of likely N-dealkylation sites (N-methyl/N-ethyl adjacent to an activating group) is 1. The number of nitrogens with one attached hydrogen (secondary N) is 1. The topological polar surface area (TPSA) is 43.0 Å². The van der Waals surface area contributed by atoms with E-state index in [9.17, 15) is 0 Å². The van der Waals surface area contributed by atoms with Gasteiger partial charge in [0.05, 0.1) is 18.7 Å². The summed E-state index contributed by atoms with van der Waals surface area (Å²) in [6.45, 7) is 3.05. The van der Waals surface area contributed by atoms with Gasteiger partial charge in [-0.15, -0.1) is 0 Å². The molecular formula is C12H17N3O. The van der Waals surface area contributed by atoms with Crippen LogP contribution in [0.4, 0.5) is 0 Å². The van der Waals surface area contributed by atoms with Crippen LogP contribution in [0.2, 0.25) is 0 Å². The quantitative estimate of drug-likeness (QED) is 0.835. The van der Waals surface area contributed by atoms with Crippen LogP contribution in [-0.2, 0) is 13.5 Å². The van der Waals surface area contributed by atoms with Gasteiger partial charge in [0.2, 0.25) is 0 Å². The third-order valence-corrected chi connectivity index (χ3v) is 2.59. The second kappa shape index (κ2) is 4.99. The van der Waals surface area contributed by atoms with Crippen LogP contribution in [0.5, 0.6) is 0 Å². The van der Waals surface area contributed by atoms with Gasteiger partial charge >= 0.3 is 0 Å². The van der Waals surface area contributed by atoms with Gasteiger partial charge in [-0.2, -0.15) is 5.10 Å². The molecule has 86 valence electrons. The van der Waals surface area contributed by atoms with E-state index in [0.717, 1.165) is 13.0 Å². The lowest BCUT2D eigenvalue weighted by molar-refractivity contribution is 0.525. The first-order valence-corrected chi connectivity index (χ1v) is 5.52. The smallest absolute Gasteiger partial charge is 0.0950 e. The molecule has 4 nitrogen and oxygen atoms in total. The summed E-state index contributed by atoms with van der Waals surface area (Å²) in [6.07, 6.45) is 8.39. The van der Waals surface area contributed by atoms with Crippen LogP contribution < -0.4 is 5.32 Å². The second-order valence-electron chi connectivity index (χ2n) is 3.89. The van der Waals surface area contributed by atoms with E-state index in [1.54, 1.807) is 12.5 Å². The van der Waals surface area contributed by atoms with E-state index in [1.807, 2.05) is 30.2 Å². The Bertz CT molecular complexity index is 419. The molecule has 2 heterocycles. The van der Waals surface area contributed by atoms with Gasteiger partial charge in [0.1, 0.15) is 0 Å². The SMILES string of the molecule is CCNC(Cc1cnn(C)c1)c1ccoc1. The van der Waals surface area contributed by atoms with Gasteiger partial charge in [-0.05, 0) is 24.6 Å². The van der Waals surface area contributed by atoms with E-state index in [2.05, 4.69) is 17.3 Å². The Morgan fingerprint density at radius 2 is 2.44 bits per heavy atom. The Hall–Kier alpha value is -1.55. The minimum absolute atomic E-state index is 0.299. The van der Waals surface area contributed by atoms with E-state index in [1.165, 1.54) is 11.1 Å². The molecule has 0 fully saturated rings. The van der Waals surface area contributed by atoms with Crippen molar-refractivity contribution in [1.82, 2.24) is 15.1 Å². The van der Waals surface area contributed by atoms with Gasteiger partial charge < -0.3 is 9.73 Å². The predicted molar refractivity (Wildman–Crippen MR) is 62.0 cm³/mol. The number of aromatic nitrogens is 2. The molecule has 0 aliphatic rings. The molecular weight excluding hydrogens is 202 g/mol. The number of hydrogen-bond acceptors (Lipinski definition) is 3. The molecule has 2 aromatic heterocycles. The lowest BCUT2D eigenvalue weighted by atomic mass is 10.0. The summed E-state index contributed by atoms with van der Waals surface area (Å²) in [4.78, 5) is 0. The summed E-state index contributed by atoms with van der Waals surface area (Å²) in [5, 5.41) is 7.62. The molecule has 1 atom stereocenters. The maximum Gasteiger partial charge on any atom is 0.0950 e. The Morgan fingerprint density at radius 1 is 1.56 bits per heavy atom. The minimum Gasteiger partial charge on any atom is -0.472 e. The summed E-state index contributed by atoms with van der Waals surface area (Å²) in [7, 11) is 1.93. The first kappa shape index (κ1) is 11.0. The number of nitrogens with zero attached hydrogens (tertiary/aromatic N) is 2. The number of furan rings is 1. The highest BCUT2D eigenvalue weighted by Gasteiger charge is 2.12. The largest absolute Gasteiger partial charge is 0.472 e. The van der Waals surface area contributed by atoms with E-state index >= 15 is 0 Å². The average Bonchev–Trinajstić information content (AvgIpc) is 2.88. The molecule has 0 bridgehead atoms. The van der Waals surface area contributed by atoms with Crippen molar-refractivity contribution in [2.75, 3.05) is 6.54 Å². The lowest BCUT2D eigenvalue weighted by Crippen LogP contribution is -2.22. The molecule has 1 unspecified atom stereocenters. The van der Waals surface area contributed by atoms with E-state index in [-0.39, 0.29) is 0 Å². The molecule has 0 aliphatic carbocycles. The van der Waals surface area contributed by atoms with Crippen molar-refractivity contribution in [3.63, 3.8) is 0 Å². The van der Waals surface area contributed by atoms with Gasteiger partial charge in [0.25, 0.3) is 0 Å². The maximum absolute atomic E-state index is 5.12. The van der Waals surface area contributed by atoms with Crippen LogP contribution in [-0.4, -0.2) is 16.3 Å². The molecule has 2 rings (SSSR count). The Balaban J connectivity index is 2.09. The average molecular weight is 219 g/mol.